The van der Waals surface area contributed by atoms with Crippen molar-refractivity contribution in [2.75, 3.05) is 25.4 Å². The normalized spacial score (nSPS) is 19.3. The molecule has 0 radical (unpaired) electrons. The van der Waals surface area contributed by atoms with Crippen molar-refractivity contribution in [3.63, 3.8) is 0 Å². The summed E-state index contributed by atoms with van der Waals surface area (Å²) in [7, 11) is 0. The molecule has 1 saturated heterocycles. The summed E-state index contributed by atoms with van der Waals surface area (Å²) in [4.78, 5) is 5.32. The molecule has 1 fully saturated rings. The molecule has 0 aliphatic carbocycles. The lowest BCUT2D eigenvalue weighted by atomic mass is 10.1. The zero-order chi connectivity index (χ0) is 10.7. The molecule has 2 rings (SSSR count). The number of hydroxylamine groups is 2. The maximum Gasteiger partial charge on any atom is 0.0940 e. The molecule has 1 atom stereocenters. The highest BCUT2D eigenvalue weighted by Gasteiger charge is 2.17. The molecule has 1 aromatic rings. The number of rotatable bonds is 3. The number of hydrogen-bond acceptors (Lipinski definition) is 4. The number of nitrogens with zero attached hydrogens (tertiary/aromatic N) is 1. The van der Waals surface area contributed by atoms with E-state index < -0.39 is 6.10 Å². The van der Waals surface area contributed by atoms with Gasteiger partial charge in [0.05, 0.1) is 19.3 Å². The van der Waals surface area contributed by atoms with Gasteiger partial charge in [0.25, 0.3) is 0 Å². The van der Waals surface area contributed by atoms with Gasteiger partial charge in [0.1, 0.15) is 0 Å². The molecule has 82 valence electrons. The molecule has 15 heavy (non-hydrogen) atoms. The summed E-state index contributed by atoms with van der Waals surface area (Å²) in [6.07, 6.45) is 0.526. The summed E-state index contributed by atoms with van der Waals surface area (Å²) < 4.78 is 0. The second kappa shape index (κ2) is 4.61. The second-order valence-electron chi connectivity index (χ2n) is 3.76. The largest absolute Gasteiger partial charge is 0.399 e. The lowest BCUT2D eigenvalue weighted by molar-refractivity contribution is -0.128. The molecule has 0 bridgehead atoms. The van der Waals surface area contributed by atoms with E-state index in [1.54, 1.807) is 17.2 Å². The fourth-order valence-electron chi connectivity index (χ4n) is 1.66. The molecule has 0 spiro atoms. The third-order valence-corrected chi connectivity index (χ3v) is 2.52. The van der Waals surface area contributed by atoms with Crippen LogP contribution in [0, 0.1) is 0 Å². The zero-order valence-corrected chi connectivity index (χ0v) is 8.60. The Morgan fingerprint density at radius 1 is 1.40 bits per heavy atom. The fraction of sp³-hybridized carbons (Fsp3) is 0.455. The second-order valence-corrected chi connectivity index (χ2v) is 3.76. The molecular formula is C11H16N2O2. The van der Waals surface area contributed by atoms with Crippen LogP contribution in [0.15, 0.2) is 24.3 Å². The Morgan fingerprint density at radius 2 is 2.13 bits per heavy atom. The van der Waals surface area contributed by atoms with Crippen molar-refractivity contribution in [1.29, 1.82) is 0 Å². The van der Waals surface area contributed by atoms with Crippen LogP contribution in [0.2, 0.25) is 0 Å². The van der Waals surface area contributed by atoms with Crippen LogP contribution < -0.4 is 5.73 Å². The standard InChI is InChI=1S/C11H16N2O2/c12-10-4-2-9(3-5-10)11(14)8-13-6-1-7-15-13/h2-5,11,14H,1,6-8,12H2. The lowest BCUT2D eigenvalue weighted by Gasteiger charge is -2.18. The van der Waals surface area contributed by atoms with E-state index in [2.05, 4.69) is 0 Å². The fourth-order valence-corrected chi connectivity index (χ4v) is 1.66. The van der Waals surface area contributed by atoms with Crippen molar-refractivity contribution >= 4 is 5.69 Å². The van der Waals surface area contributed by atoms with Crippen LogP contribution in [-0.4, -0.2) is 29.9 Å². The Kier molecular flexibility index (Phi) is 3.20. The van der Waals surface area contributed by atoms with Gasteiger partial charge < -0.3 is 10.8 Å². The number of aliphatic hydroxyl groups excluding tert-OH is 1. The molecular weight excluding hydrogens is 192 g/mol. The van der Waals surface area contributed by atoms with Gasteiger partial charge >= 0.3 is 0 Å². The van der Waals surface area contributed by atoms with Crippen LogP contribution in [0.3, 0.4) is 0 Å². The maximum absolute atomic E-state index is 9.91. The molecule has 4 nitrogen and oxygen atoms in total. The predicted octanol–water partition coefficient (Wildman–Crippen LogP) is 0.940. The highest BCUT2D eigenvalue weighted by atomic mass is 16.7. The van der Waals surface area contributed by atoms with Crippen molar-refractivity contribution in [3.8, 4) is 0 Å². The van der Waals surface area contributed by atoms with Crippen LogP contribution in [0.4, 0.5) is 5.69 Å². The first-order valence-electron chi connectivity index (χ1n) is 5.17. The van der Waals surface area contributed by atoms with Gasteiger partial charge in [0, 0.05) is 12.2 Å². The average molecular weight is 208 g/mol. The van der Waals surface area contributed by atoms with E-state index in [-0.39, 0.29) is 0 Å². The number of anilines is 1. The van der Waals surface area contributed by atoms with Gasteiger partial charge in [-0.1, -0.05) is 12.1 Å². The number of hydrogen-bond donors (Lipinski definition) is 2. The molecule has 1 aromatic carbocycles. The molecule has 1 heterocycles. The quantitative estimate of drug-likeness (QED) is 0.726. The van der Waals surface area contributed by atoms with Crippen LogP contribution >= 0.6 is 0 Å². The van der Waals surface area contributed by atoms with Crippen molar-refractivity contribution in [1.82, 2.24) is 5.06 Å². The minimum atomic E-state index is -0.510. The van der Waals surface area contributed by atoms with E-state index in [0.29, 0.717) is 12.2 Å². The van der Waals surface area contributed by atoms with E-state index in [4.69, 9.17) is 10.6 Å². The van der Waals surface area contributed by atoms with Gasteiger partial charge in [-0.3, -0.25) is 4.84 Å². The molecule has 1 aliphatic heterocycles. The SMILES string of the molecule is Nc1ccc(C(O)CN2CCCO2)cc1. The molecule has 0 aromatic heterocycles. The van der Waals surface area contributed by atoms with Gasteiger partial charge in [-0.15, -0.1) is 0 Å². The van der Waals surface area contributed by atoms with Crippen molar-refractivity contribution in [3.05, 3.63) is 29.8 Å². The van der Waals surface area contributed by atoms with Crippen molar-refractivity contribution < 1.29 is 9.94 Å². The first-order chi connectivity index (χ1) is 7.25. The Bertz CT molecular complexity index is 307. The summed E-state index contributed by atoms with van der Waals surface area (Å²) in [5.74, 6) is 0. The lowest BCUT2D eigenvalue weighted by Crippen LogP contribution is -2.24. The third kappa shape index (κ3) is 2.68. The van der Waals surface area contributed by atoms with E-state index in [1.165, 1.54) is 0 Å². The van der Waals surface area contributed by atoms with E-state index in [9.17, 15) is 5.11 Å². The van der Waals surface area contributed by atoms with E-state index >= 15 is 0 Å². The Morgan fingerprint density at radius 3 is 2.73 bits per heavy atom. The topological polar surface area (TPSA) is 58.7 Å². The minimum Gasteiger partial charge on any atom is -0.399 e. The Hall–Kier alpha value is -1.10. The summed E-state index contributed by atoms with van der Waals surface area (Å²) >= 11 is 0. The van der Waals surface area contributed by atoms with Gasteiger partial charge in [0.15, 0.2) is 0 Å². The van der Waals surface area contributed by atoms with Crippen LogP contribution in [0.5, 0.6) is 0 Å². The number of benzene rings is 1. The summed E-state index contributed by atoms with van der Waals surface area (Å²) in [6.45, 7) is 2.17. The van der Waals surface area contributed by atoms with Gasteiger partial charge in [0.2, 0.25) is 0 Å². The van der Waals surface area contributed by atoms with Gasteiger partial charge in [-0.2, -0.15) is 5.06 Å². The van der Waals surface area contributed by atoms with Crippen LogP contribution in [-0.2, 0) is 4.84 Å². The zero-order valence-electron chi connectivity index (χ0n) is 8.60. The van der Waals surface area contributed by atoms with Gasteiger partial charge in [-0.05, 0) is 24.1 Å². The number of aliphatic hydroxyl groups is 1. The summed E-state index contributed by atoms with van der Waals surface area (Å²) in [5.41, 5.74) is 7.16. The average Bonchev–Trinajstić information content (AvgIpc) is 2.71. The molecule has 1 aliphatic rings. The number of nitrogens with two attached hydrogens (primary N) is 1. The van der Waals surface area contributed by atoms with E-state index in [0.717, 1.165) is 25.1 Å². The predicted molar refractivity (Wildman–Crippen MR) is 58.0 cm³/mol. The molecule has 1 unspecified atom stereocenters. The highest BCUT2D eigenvalue weighted by Crippen LogP contribution is 2.17. The Labute approximate surface area is 89.2 Å². The monoisotopic (exact) mass is 208 g/mol. The van der Waals surface area contributed by atoms with Gasteiger partial charge in [-0.25, -0.2) is 0 Å². The molecule has 3 N–H and O–H groups in total. The third-order valence-electron chi connectivity index (χ3n) is 2.52. The van der Waals surface area contributed by atoms with Crippen molar-refractivity contribution in [2.45, 2.75) is 12.5 Å². The van der Waals surface area contributed by atoms with Crippen molar-refractivity contribution in [2.24, 2.45) is 0 Å². The molecule has 0 amide bonds. The smallest absolute Gasteiger partial charge is 0.0940 e. The molecule has 4 heteroatoms. The maximum atomic E-state index is 9.91. The Balaban J connectivity index is 1.94. The number of β-amino-alcohol motifs (C(OH)–C–C–N with tert-alkyl or cyclic N) is 1. The summed E-state index contributed by atoms with van der Waals surface area (Å²) in [5, 5.41) is 11.7. The number of nitrogen functional groups attached to an aromatic ring is 1. The van der Waals surface area contributed by atoms with Crippen LogP contribution in [0.1, 0.15) is 18.1 Å². The minimum absolute atomic E-state index is 0.510. The molecule has 0 saturated carbocycles. The van der Waals surface area contributed by atoms with E-state index in [1.807, 2.05) is 12.1 Å². The first-order valence-corrected chi connectivity index (χ1v) is 5.17. The highest BCUT2D eigenvalue weighted by molar-refractivity contribution is 5.39. The summed E-state index contributed by atoms with van der Waals surface area (Å²) in [6, 6.07) is 7.28. The first kappa shape index (κ1) is 10.4. The van der Waals surface area contributed by atoms with Crippen LogP contribution in [0.25, 0.3) is 0 Å².